The summed E-state index contributed by atoms with van der Waals surface area (Å²) in [6.45, 7) is 5.86. The lowest BCUT2D eigenvalue weighted by Crippen LogP contribution is -2.29. The van der Waals surface area contributed by atoms with Crippen LogP contribution in [0.2, 0.25) is 0 Å². The van der Waals surface area contributed by atoms with Crippen molar-refractivity contribution in [2.24, 2.45) is 5.41 Å². The molecule has 0 bridgehead atoms. The Morgan fingerprint density at radius 1 is 1.47 bits per heavy atom. The van der Waals surface area contributed by atoms with Crippen molar-refractivity contribution in [2.45, 2.75) is 27.2 Å². The molecule has 0 aliphatic carbocycles. The normalized spacial score (nSPS) is 11.6. The number of fused-ring (bicyclic) bond motifs is 1. The van der Waals surface area contributed by atoms with Crippen LogP contribution in [0.5, 0.6) is 5.75 Å². The molecule has 5 heteroatoms. The molecule has 0 fully saturated rings. The van der Waals surface area contributed by atoms with Crippen LogP contribution in [0, 0.1) is 5.41 Å². The number of carbonyl (C=O) groups excluding carboxylic acids is 1. The fourth-order valence-electron chi connectivity index (χ4n) is 1.51. The van der Waals surface area contributed by atoms with Gasteiger partial charge in [0.2, 0.25) is 5.91 Å². The second-order valence-electron chi connectivity index (χ2n) is 5.04. The molecular formula is C14H18N2O2S. The van der Waals surface area contributed by atoms with E-state index in [1.807, 2.05) is 39.0 Å². The number of methoxy groups -OCH3 is 1. The highest BCUT2D eigenvalue weighted by molar-refractivity contribution is 7.22. The molecular weight excluding hydrogens is 260 g/mol. The number of rotatable bonds is 4. The van der Waals surface area contributed by atoms with Crippen LogP contribution in [0.15, 0.2) is 18.2 Å². The Labute approximate surface area is 116 Å². The van der Waals surface area contributed by atoms with E-state index in [-0.39, 0.29) is 11.3 Å². The molecule has 2 rings (SSSR count). The van der Waals surface area contributed by atoms with Gasteiger partial charge in [-0.3, -0.25) is 4.79 Å². The fourth-order valence-corrected chi connectivity index (χ4v) is 2.40. The molecule has 0 spiro atoms. The number of hydrogen-bond acceptors (Lipinski definition) is 4. The Bertz CT molecular complexity index is 605. The van der Waals surface area contributed by atoms with E-state index in [1.54, 1.807) is 7.11 Å². The Morgan fingerprint density at radius 2 is 2.21 bits per heavy atom. The van der Waals surface area contributed by atoms with Crippen LogP contribution in [-0.4, -0.2) is 18.0 Å². The van der Waals surface area contributed by atoms with E-state index in [9.17, 15) is 4.79 Å². The molecule has 0 aliphatic rings. The zero-order valence-electron chi connectivity index (χ0n) is 11.6. The summed E-state index contributed by atoms with van der Waals surface area (Å²) >= 11 is 1.46. The van der Waals surface area contributed by atoms with E-state index in [0.717, 1.165) is 22.4 Å². The second kappa shape index (κ2) is 5.17. The maximum absolute atomic E-state index is 12.1. The molecule has 19 heavy (non-hydrogen) atoms. The number of benzene rings is 1. The van der Waals surface area contributed by atoms with Gasteiger partial charge in [-0.25, -0.2) is 4.98 Å². The zero-order valence-corrected chi connectivity index (χ0v) is 12.4. The molecule has 0 saturated carbocycles. The van der Waals surface area contributed by atoms with Crippen molar-refractivity contribution in [1.82, 2.24) is 4.98 Å². The summed E-state index contributed by atoms with van der Waals surface area (Å²) < 4.78 is 6.18. The Morgan fingerprint density at radius 3 is 2.84 bits per heavy atom. The molecule has 1 aromatic carbocycles. The first-order valence-electron chi connectivity index (χ1n) is 6.22. The summed E-state index contributed by atoms with van der Waals surface area (Å²) in [5, 5.41) is 3.52. The summed E-state index contributed by atoms with van der Waals surface area (Å²) in [5.41, 5.74) is 0.491. The SMILES string of the molecule is CCC(C)(C)C(=O)Nc1nc2ccc(OC)cc2s1. The molecule has 0 saturated heterocycles. The minimum absolute atomic E-state index is 0.000945. The van der Waals surface area contributed by atoms with Crippen molar-refractivity contribution in [2.75, 3.05) is 12.4 Å². The molecule has 4 nitrogen and oxygen atoms in total. The topological polar surface area (TPSA) is 51.2 Å². The molecule has 0 radical (unpaired) electrons. The number of thiazole rings is 1. The molecule has 1 heterocycles. The third-order valence-corrected chi connectivity index (χ3v) is 4.25. The van der Waals surface area contributed by atoms with Gasteiger partial charge in [0, 0.05) is 5.41 Å². The van der Waals surface area contributed by atoms with Crippen LogP contribution in [0.1, 0.15) is 27.2 Å². The van der Waals surface area contributed by atoms with Gasteiger partial charge < -0.3 is 10.1 Å². The predicted molar refractivity (Wildman–Crippen MR) is 78.9 cm³/mol. The molecule has 1 amide bonds. The number of nitrogens with zero attached hydrogens (tertiary/aromatic N) is 1. The third-order valence-electron chi connectivity index (χ3n) is 3.31. The lowest BCUT2D eigenvalue weighted by molar-refractivity contribution is -0.124. The quantitative estimate of drug-likeness (QED) is 0.928. The van der Waals surface area contributed by atoms with Gasteiger partial charge in [0.15, 0.2) is 5.13 Å². The minimum Gasteiger partial charge on any atom is -0.497 e. The van der Waals surface area contributed by atoms with Gasteiger partial charge in [0.1, 0.15) is 5.75 Å². The highest BCUT2D eigenvalue weighted by Gasteiger charge is 2.26. The first-order valence-corrected chi connectivity index (χ1v) is 7.04. The summed E-state index contributed by atoms with van der Waals surface area (Å²) in [4.78, 5) is 16.5. The van der Waals surface area contributed by atoms with E-state index in [1.165, 1.54) is 11.3 Å². The predicted octanol–water partition coefficient (Wildman–Crippen LogP) is 3.68. The van der Waals surface area contributed by atoms with Crippen LogP contribution in [0.4, 0.5) is 5.13 Å². The largest absolute Gasteiger partial charge is 0.497 e. The van der Waals surface area contributed by atoms with Crippen LogP contribution < -0.4 is 10.1 Å². The molecule has 102 valence electrons. The van der Waals surface area contributed by atoms with Crippen molar-refractivity contribution in [3.63, 3.8) is 0 Å². The van der Waals surface area contributed by atoms with Crippen molar-refractivity contribution >= 4 is 32.6 Å². The van der Waals surface area contributed by atoms with Crippen molar-refractivity contribution in [1.29, 1.82) is 0 Å². The molecule has 0 unspecified atom stereocenters. The molecule has 1 aromatic heterocycles. The number of hydrogen-bond donors (Lipinski definition) is 1. The van der Waals surface area contributed by atoms with E-state index < -0.39 is 0 Å². The summed E-state index contributed by atoms with van der Waals surface area (Å²) in [6, 6.07) is 5.68. The van der Waals surface area contributed by atoms with Gasteiger partial charge in [-0.05, 0) is 24.6 Å². The number of anilines is 1. The van der Waals surface area contributed by atoms with Crippen LogP contribution >= 0.6 is 11.3 Å². The first-order chi connectivity index (χ1) is 8.96. The minimum atomic E-state index is -0.379. The van der Waals surface area contributed by atoms with Crippen molar-refractivity contribution in [3.8, 4) is 5.75 Å². The standard InChI is InChI=1S/C14H18N2O2S/c1-5-14(2,3)12(17)16-13-15-10-7-6-9(18-4)8-11(10)19-13/h6-8H,5H2,1-4H3,(H,15,16,17). The fraction of sp³-hybridized carbons (Fsp3) is 0.429. The summed E-state index contributed by atoms with van der Waals surface area (Å²) in [7, 11) is 1.63. The molecule has 2 aromatic rings. The molecule has 0 atom stereocenters. The Kier molecular flexibility index (Phi) is 3.75. The average Bonchev–Trinajstić information content (AvgIpc) is 2.79. The maximum Gasteiger partial charge on any atom is 0.231 e. The van der Waals surface area contributed by atoms with Gasteiger partial charge in [-0.2, -0.15) is 0 Å². The molecule has 1 N–H and O–H groups in total. The number of nitrogens with one attached hydrogen (secondary N) is 1. The smallest absolute Gasteiger partial charge is 0.231 e. The van der Waals surface area contributed by atoms with E-state index in [2.05, 4.69) is 10.3 Å². The van der Waals surface area contributed by atoms with Gasteiger partial charge in [-0.15, -0.1) is 0 Å². The van der Waals surface area contributed by atoms with Gasteiger partial charge >= 0.3 is 0 Å². The average molecular weight is 278 g/mol. The second-order valence-corrected chi connectivity index (χ2v) is 6.07. The summed E-state index contributed by atoms with van der Waals surface area (Å²) in [6.07, 6.45) is 0.789. The van der Waals surface area contributed by atoms with Crippen LogP contribution in [-0.2, 0) is 4.79 Å². The lowest BCUT2D eigenvalue weighted by atomic mass is 9.89. The highest BCUT2D eigenvalue weighted by atomic mass is 32.1. The van der Waals surface area contributed by atoms with Crippen molar-refractivity contribution in [3.05, 3.63) is 18.2 Å². The number of carbonyl (C=O) groups is 1. The van der Waals surface area contributed by atoms with Gasteiger partial charge in [0.05, 0.1) is 17.3 Å². The van der Waals surface area contributed by atoms with Crippen LogP contribution in [0.3, 0.4) is 0 Å². The van der Waals surface area contributed by atoms with Gasteiger partial charge in [0.25, 0.3) is 0 Å². The van der Waals surface area contributed by atoms with E-state index in [0.29, 0.717) is 5.13 Å². The monoisotopic (exact) mass is 278 g/mol. The summed E-state index contributed by atoms with van der Waals surface area (Å²) in [5.74, 6) is 0.795. The van der Waals surface area contributed by atoms with E-state index in [4.69, 9.17) is 4.74 Å². The van der Waals surface area contributed by atoms with Crippen LogP contribution in [0.25, 0.3) is 10.2 Å². The highest BCUT2D eigenvalue weighted by Crippen LogP contribution is 2.30. The first kappa shape index (κ1) is 13.8. The zero-order chi connectivity index (χ0) is 14.0. The van der Waals surface area contributed by atoms with Crippen molar-refractivity contribution < 1.29 is 9.53 Å². The lowest BCUT2D eigenvalue weighted by Gasteiger charge is -2.20. The number of ether oxygens (including phenoxy) is 1. The third kappa shape index (κ3) is 2.87. The number of amides is 1. The Balaban J connectivity index is 2.25. The van der Waals surface area contributed by atoms with E-state index >= 15 is 0 Å². The van der Waals surface area contributed by atoms with Gasteiger partial charge in [-0.1, -0.05) is 32.1 Å². The number of aromatic nitrogens is 1. The maximum atomic E-state index is 12.1. The molecule has 0 aliphatic heterocycles. The Hall–Kier alpha value is -1.62.